The van der Waals surface area contributed by atoms with E-state index in [0.717, 1.165) is 10.0 Å². The Morgan fingerprint density at radius 2 is 2.05 bits per heavy atom. The quantitative estimate of drug-likeness (QED) is 0.657. The zero-order valence-electron chi connectivity index (χ0n) is 11.1. The lowest BCUT2D eigenvalue weighted by Gasteiger charge is -2.03. The summed E-state index contributed by atoms with van der Waals surface area (Å²) in [5, 5.41) is 1.33. The van der Waals surface area contributed by atoms with Gasteiger partial charge in [-0.25, -0.2) is 4.98 Å². The molecular formula is C16H9BrCl2N2O. The number of halogens is 3. The predicted octanol–water partition coefficient (Wildman–Crippen LogP) is 5.08. The lowest BCUT2D eigenvalue weighted by atomic mass is 10.2. The first-order valence-electron chi connectivity index (χ1n) is 6.36. The second-order valence-corrected chi connectivity index (χ2v) is 6.38. The Hall–Kier alpha value is -1.62. The monoisotopic (exact) mass is 394 g/mol. The summed E-state index contributed by atoms with van der Waals surface area (Å²) in [6.07, 6.45) is 1.74. The second-order valence-electron chi connectivity index (χ2n) is 4.62. The lowest BCUT2D eigenvalue weighted by Crippen LogP contribution is -2.10. The largest absolute Gasteiger partial charge is 0.305 e. The summed E-state index contributed by atoms with van der Waals surface area (Å²) in [6.45, 7) is 0. The highest BCUT2D eigenvalue weighted by Gasteiger charge is 2.07. The van der Waals surface area contributed by atoms with E-state index in [1.54, 1.807) is 24.3 Å². The molecule has 0 aliphatic carbocycles. The molecule has 3 nitrogen and oxygen atoms in total. The molecule has 1 N–H and O–H groups in total. The number of nitrogens with zero attached hydrogens (tertiary/aromatic N) is 1. The standard InChI is InChI=1S/C16H9BrCl2N2O/c17-10-3-1-2-9(6-10)7-13(19)15-20-14-8-11(18)4-5-12(14)16(22)21-15/h1-8H,(H,20,21,22)/b13-7-. The molecule has 0 aliphatic heterocycles. The third-order valence-corrected chi connectivity index (χ3v) is 4.05. The Morgan fingerprint density at radius 3 is 2.82 bits per heavy atom. The Balaban J connectivity index is 2.11. The third kappa shape index (κ3) is 3.24. The summed E-state index contributed by atoms with van der Waals surface area (Å²) in [7, 11) is 0. The summed E-state index contributed by atoms with van der Waals surface area (Å²) >= 11 is 15.6. The van der Waals surface area contributed by atoms with E-state index in [2.05, 4.69) is 25.9 Å². The molecule has 0 saturated heterocycles. The topological polar surface area (TPSA) is 45.8 Å². The van der Waals surface area contributed by atoms with Gasteiger partial charge in [-0.3, -0.25) is 4.79 Å². The van der Waals surface area contributed by atoms with Crippen molar-refractivity contribution in [2.24, 2.45) is 0 Å². The maximum absolute atomic E-state index is 12.1. The van der Waals surface area contributed by atoms with Gasteiger partial charge in [-0.2, -0.15) is 0 Å². The lowest BCUT2D eigenvalue weighted by molar-refractivity contribution is 1.14. The minimum atomic E-state index is -0.252. The van der Waals surface area contributed by atoms with E-state index < -0.39 is 0 Å². The zero-order chi connectivity index (χ0) is 15.7. The molecule has 0 atom stereocenters. The van der Waals surface area contributed by atoms with Gasteiger partial charge in [-0.15, -0.1) is 0 Å². The maximum atomic E-state index is 12.1. The molecule has 0 spiro atoms. The van der Waals surface area contributed by atoms with Gasteiger partial charge in [0.2, 0.25) is 0 Å². The van der Waals surface area contributed by atoms with Crippen molar-refractivity contribution in [3.05, 3.63) is 73.7 Å². The number of H-pyrrole nitrogens is 1. The molecule has 22 heavy (non-hydrogen) atoms. The van der Waals surface area contributed by atoms with Crippen molar-refractivity contribution in [3.8, 4) is 0 Å². The predicted molar refractivity (Wildman–Crippen MR) is 95.2 cm³/mol. The molecule has 2 aromatic carbocycles. The van der Waals surface area contributed by atoms with Crippen molar-refractivity contribution in [2.45, 2.75) is 0 Å². The summed E-state index contributed by atoms with van der Waals surface area (Å²) in [5.41, 5.74) is 1.15. The molecule has 110 valence electrons. The van der Waals surface area contributed by atoms with E-state index in [4.69, 9.17) is 23.2 Å². The summed E-state index contributed by atoms with van der Waals surface area (Å²) < 4.78 is 0.942. The fraction of sp³-hybridized carbons (Fsp3) is 0. The van der Waals surface area contributed by atoms with Gasteiger partial charge in [0.15, 0.2) is 5.82 Å². The van der Waals surface area contributed by atoms with Gasteiger partial charge in [-0.1, -0.05) is 51.3 Å². The van der Waals surface area contributed by atoms with E-state index >= 15 is 0 Å². The molecule has 3 rings (SSSR count). The highest BCUT2D eigenvalue weighted by Crippen LogP contribution is 2.22. The summed E-state index contributed by atoms with van der Waals surface area (Å²) in [4.78, 5) is 19.1. The van der Waals surface area contributed by atoms with Crippen LogP contribution in [0.4, 0.5) is 0 Å². The van der Waals surface area contributed by atoms with Gasteiger partial charge in [0.25, 0.3) is 5.56 Å². The van der Waals surface area contributed by atoms with Gasteiger partial charge >= 0.3 is 0 Å². The first-order valence-corrected chi connectivity index (χ1v) is 7.90. The van der Waals surface area contributed by atoms with Gasteiger partial charge in [0.05, 0.1) is 15.9 Å². The SMILES string of the molecule is O=c1[nH]c(/C(Cl)=C/c2cccc(Br)c2)nc2cc(Cl)ccc12. The molecule has 0 radical (unpaired) electrons. The van der Waals surface area contributed by atoms with Crippen molar-refractivity contribution < 1.29 is 0 Å². The Morgan fingerprint density at radius 1 is 1.23 bits per heavy atom. The Kier molecular flexibility index (Phi) is 4.34. The molecule has 0 saturated carbocycles. The number of fused-ring (bicyclic) bond motifs is 1. The minimum absolute atomic E-state index is 0.252. The van der Waals surface area contributed by atoms with Crippen molar-refractivity contribution in [3.63, 3.8) is 0 Å². The van der Waals surface area contributed by atoms with Crippen LogP contribution in [0.5, 0.6) is 0 Å². The van der Waals surface area contributed by atoms with Crippen LogP contribution in [0.15, 0.2) is 51.7 Å². The van der Waals surface area contributed by atoms with Crippen LogP contribution in [0.2, 0.25) is 5.02 Å². The fourth-order valence-corrected chi connectivity index (χ4v) is 2.84. The third-order valence-electron chi connectivity index (χ3n) is 3.04. The molecular weight excluding hydrogens is 387 g/mol. The van der Waals surface area contributed by atoms with Crippen LogP contribution in [0.1, 0.15) is 11.4 Å². The van der Waals surface area contributed by atoms with Crippen molar-refractivity contribution in [1.29, 1.82) is 0 Å². The van der Waals surface area contributed by atoms with E-state index in [1.807, 2.05) is 24.3 Å². The van der Waals surface area contributed by atoms with Crippen LogP contribution in [-0.4, -0.2) is 9.97 Å². The van der Waals surface area contributed by atoms with E-state index in [1.165, 1.54) is 0 Å². The number of benzene rings is 2. The van der Waals surface area contributed by atoms with Crippen LogP contribution in [-0.2, 0) is 0 Å². The Bertz CT molecular complexity index is 950. The van der Waals surface area contributed by atoms with Crippen LogP contribution in [0.25, 0.3) is 22.0 Å². The summed E-state index contributed by atoms with van der Waals surface area (Å²) in [5.74, 6) is 0.307. The van der Waals surface area contributed by atoms with Crippen molar-refractivity contribution in [2.75, 3.05) is 0 Å². The zero-order valence-corrected chi connectivity index (χ0v) is 14.2. The van der Waals surface area contributed by atoms with Crippen LogP contribution in [0.3, 0.4) is 0 Å². The molecule has 0 amide bonds. The maximum Gasteiger partial charge on any atom is 0.259 e. The average Bonchev–Trinajstić information content (AvgIpc) is 2.46. The highest BCUT2D eigenvalue weighted by atomic mass is 79.9. The molecule has 1 heterocycles. The fourth-order valence-electron chi connectivity index (χ4n) is 2.04. The van der Waals surface area contributed by atoms with Crippen LogP contribution in [0, 0.1) is 0 Å². The molecule has 0 aliphatic rings. The number of aromatic nitrogens is 2. The van der Waals surface area contributed by atoms with Gasteiger partial charge in [-0.05, 0) is 42.0 Å². The van der Waals surface area contributed by atoms with Crippen LogP contribution < -0.4 is 5.56 Å². The first kappa shape index (κ1) is 15.3. The first-order chi connectivity index (χ1) is 10.5. The van der Waals surface area contributed by atoms with Crippen molar-refractivity contribution >= 4 is 61.1 Å². The van der Waals surface area contributed by atoms with Crippen molar-refractivity contribution in [1.82, 2.24) is 9.97 Å². The smallest absolute Gasteiger partial charge is 0.259 e. The molecule has 0 fully saturated rings. The molecule has 3 aromatic rings. The molecule has 1 aromatic heterocycles. The van der Waals surface area contributed by atoms with Gasteiger partial charge in [0.1, 0.15) is 0 Å². The number of hydrogen-bond donors (Lipinski definition) is 1. The second kappa shape index (κ2) is 6.24. The molecule has 6 heteroatoms. The number of hydrogen-bond acceptors (Lipinski definition) is 2. The highest BCUT2D eigenvalue weighted by molar-refractivity contribution is 9.10. The summed E-state index contributed by atoms with van der Waals surface area (Å²) in [6, 6.07) is 12.6. The normalized spacial score (nSPS) is 11.9. The Labute approximate surface area is 144 Å². The molecule has 0 bridgehead atoms. The molecule has 0 unspecified atom stereocenters. The van der Waals surface area contributed by atoms with Gasteiger partial charge in [0, 0.05) is 9.50 Å². The minimum Gasteiger partial charge on any atom is -0.305 e. The van der Waals surface area contributed by atoms with E-state index in [-0.39, 0.29) is 5.56 Å². The average molecular weight is 396 g/mol. The number of nitrogens with one attached hydrogen (secondary N) is 1. The number of rotatable bonds is 2. The number of aromatic amines is 1. The van der Waals surface area contributed by atoms with E-state index in [9.17, 15) is 4.79 Å². The van der Waals surface area contributed by atoms with Gasteiger partial charge < -0.3 is 4.98 Å². The van der Waals surface area contributed by atoms with Crippen LogP contribution >= 0.6 is 39.1 Å². The van der Waals surface area contributed by atoms with E-state index in [0.29, 0.717) is 26.8 Å².